The number of amides is 1. The van der Waals surface area contributed by atoms with E-state index in [-0.39, 0.29) is 13.0 Å². The van der Waals surface area contributed by atoms with Crippen LogP contribution in [0.2, 0.25) is 0 Å². The van der Waals surface area contributed by atoms with Crippen LogP contribution < -0.4 is 5.32 Å². The molecule has 0 saturated carbocycles. The summed E-state index contributed by atoms with van der Waals surface area (Å²) in [7, 11) is -4.79. The molecular formula is C23H31NO12S. The first-order valence-electron chi connectivity index (χ1n) is 11.3. The standard InChI is InChI=1S/C23H31NO12S/c1-13-18(24-23(28)33-11-17-8-6-5-7-9-17)10-20(37(29,30)31)36-21(13)22(35-16(4)27)19(34-15(3)26)12-32-14(2)25/h5-9,13,18-22H,10-12H2,1-4H3,(H,24,28)(H,29,30,31)/t13-,18+,19-,20?,21-,22-/m1/s1. The lowest BCUT2D eigenvalue weighted by Gasteiger charge is -2.43. The Balaban J connectivity index is 2.32. The third kappa shape index (κ3) is 9.63. The van der Waals surface area contributed by atoms with E-state index in [0.717, 1.165) is 26.3 Å². The Bertz CT molecular complexity index is 1060. The van der Waals surface area contributed by atoms with Gasteiger partial charge in [-0.15, -0.1) is 0 Å². The van der Waals surface area contributed by atoms with Gasteiger partial charge in [-0.2, -0.15) is 8.42 Å². The van der Waals surface area contributed by atoms with Crippen molar-refractivity contribution in [3.05, 3.63) is 35.9 Å². The molecule has 1 aromatic rings. The summed E-state index contributed by atoms with van der Waals surface area (Å²) in [5, 5.41) is 2.56. The van der Waals surface area contributed by atoms with Gasteiger partial charge in [-0.1, -0.05) is 37.3 Å². The molecule has 14 heteroatoms. The van der Waals surface area contributed by atoms with Gasteiger partial charge < -0.3 is 29.0 Å². The number of carbonyl (C=O) groups is 4. The smallest absolute Gasteiger partial charge is 0.407 e. The topological polar surface area (TPSA) is 181 Å². The van der Waals surface area contributed by atoms with E-state index in [0.29, 0.717) is 0 Å². The largest absolute Gasteiger partial charge is 0.462 e. The molecule has 0 radical (unpaired) electrons. The van der Waals surface area contributed by atoms with E-state index in [9.17, 15) is 32.1 Å². The summed E-state index contributed by atoms with van der Waals surface area (Å²) < 4.78 is 60.0. The number of hydrogen-bond acceptors (Lipinski definition) is 11. The Labute approximate surface area is 214 Å². The number of nitrogens with one attached hydrogen (secondary N) is 1. The minimum Gasteiger partial charge on any atom is -0.462 e. The van der Waals surface area contributed by atoms with Crippen molar-refractivity contribution >= 4 is 34.1 Å². The summed E-state index contributed by atoms with van der Waals surface area (Å²) >= 11 is 0. The van der Waals surface area contributed by atoms with Crippen LogP contribution in [0, 0.1) is 5.92 Å². The quantitative estimate of drug-likeness (QED) is 0.245. The second-order valence-corrected chi connectivity index (χ2v) is 10.0. The molecule has 1 aliphatic heterocycles. The summed E-state index contributed by atoms with van der Waals surface area (Å²) in [5.41, 5.74) is -1.10. The highest BCUT2D eigenvalue weighted by Gasteiger charge is 2.49. The van der Waals surface area contributed by atoms with Gasteiger partial charge in [0.25, 0.3) is 10.1 Å². The number of esters is 3. The first kappa shape index (κ1) is 30.0. The number of benzene rings is 1. The predicted molar refractivity (Wildman–Crippen MR) is 125 cm³/mol. The molecule has 1 unspecified atom stereocenters. The molecule has 1 heterocycles. The third-order valence-electron chi connectivity index (χ3n) is 5.52. The lowest BCUT2D eigenvalue weighted by Crippen LogP contribution is -2.59. The van der Waals surface area contributed by atoms with Gasteiger partial charge in [-0.05, 0) is 5.56 Å². The normalized spacial score (nSPS) is 23.2. The van der Waals surface area contributed by atoms with Crippen LogP contribution >= 0.6 is 0 Å². The van der Waals surface area contributed by atoms with E-state index >= 15 is 0 Å². The molecule has 0 aromatic heterocycles. The summed E-state index contributed by atoms with van der Waals surface area (Å²) in [4.78, 5) is 47.5. The molecule has 2 N–H and O–H groups in total. The van der Waals surface area contributed by atoms with Crippen molar-refractivity contribution < 1.29 is 55.8 Å². The van der Waals surface area contributed by atoms with Crippen LogP contribution in [0.4, 0.5) is 4.79 Å². The van der Waals surface area contributed by atoms with Gasteiger partial charge >= 0.3 is 24.0 Å². The number of ether oxygens (including phenoxy) is 5. The van der Waals surface area contributed by atoms with Gasteiger partial charge in [-0.3, -0.25) is 18.9 Å². The minimum absolute atomic E-state index is 0.0532. The Morgan fingerprint density at radius 3 is 2.19 bits per heavy atom. The monoisotopic (exact) mass is 545 g/mol. The minimum atomic E-state index is -4.79. The Morgan fingerprint density at radius 2 is 1.65 bits per heavy atom. The summed E-state index contributed by atoms with van der Waals surface area (Å²) in [6.45, 7) is 4.23. The summed E-state index contributed by atoms with van der Waals surface area (Å²) in [5.74, 6) is -3.11. The Kier molecular flexibility index (Phi) is 10.8. The predicted octanol–water partition coefficient (Wildman–Crippen LogP) is 1.35. The van der Waals surface area contributed by atoms with Gasteiger partial charge in [0.05, 0.1) is 0 Å². The van der Waals surface area contributed by atoms with Gasteiger partial charge in [0.15, 0.2) is 17.6 Å². The van der Waals surface area contributed by atoms with Crippen LogP contribution in [0.3, 0.4) is 0 Å². The molecule has 1 aliphatic rings. The molecular weight excluding hydrogens is 514 g/mol. The lowest BCUT2D eigenvalue weighted by molar-refractivity contribution is -0.199. The average Bonchev–Trinajstić information content (AvgIpc) is 2.80. The molecule has 0 bridgehead atoms. The fourth-order valence-corrected chi connectivity index (χ4v) is 4.55. The summed E-state index contributed by atoms with van der Waals surface area (Å²) in [6, 6.07) is 7.88. The molecule has 6 atom stereocenters. The molecule has 1 aromatic carbocycles. The van der Waals surface area contributed by atoms with Crippen molar-refractivity contribution in [1.29, 1.82) is 0 Å². The molecule has 0 aliphatic carbocycles. The van der Waals surface area contributed by atoms with Crippen molar-refractivity contribution in [3.63, 3.8) is 0 Å². The van der Waals surface area contributed by atoms with Gasteiger partial charge in [0, 0.05) is 39.2 Å². The molecule has 37 heavy (non-hydrogen) atoms. The Morgan fingerprint density at radius 1 is 1.03 bits per heavy atom. The second-order valence-electron chi connectivity index (χ2n) is 8.48. The van der Waals surface area contributed by atoms with E-state index in [2.05, 4.69) is 5.32 Å². The van der Waals surface area contributed by atoms with Gasteiger partial charge in [0.1, 0.15) is 19.3 Å². The van der Waals surface area contributed by atoms with Crippen LogP contribution in [-0.4, -0.2) is 73.4 Å². The van der Waals surface area contributed by atoms with Crippen LogP contribution in [-0.2, 0) is 54.8 Å². The van der Waals surface area contributed by atoms with Crippen molar-refractivity contribution in [3.8, 4) is 0 Å². The van der Waals surface area contributed by atoms with Crippen LogP contribution in [0.5, 0.6) is 0 Å². The molecule has 2 rings (SSSR count). The highest BCUT2D eigenvalue weighted by Crippen LogP contribution is 2.33. The van der Waals surface area contributed by atoms with Crippen molar-refractivity contribution in [2.75, 3.05) is 6.61 Å². The SMILES string of the molecule is CC(=O)OC[C@@H](OC(C)=O)[C@@H](OC(C)=O)[C@@H]1OC(S(=O)(=O)O)C[C@H](NC(=O)OCc2ccccc2)[C@H]1C. The first-order chi connectivity index (χ1) is 17.3. The Hall–Kier alpha value is -3.23. The van der Waals surface area contributed by atoms with Crippen molar-refractivity contribution in [2.24, 2.45) is 5.92 Å². The van der Waals surface area contributed by atoms with E-state index in [1.54, 1.807) is 37.3 Å². The van der Waals surface area contributed by atoms with Crippen molar-refractivity contribution in [2.45, 2.75) is 70.5 Å². The molecule has 206 valence electrons. The zero-order chi connectivity index (χ0) is 27.8. The average molecular weight is 546 g/mol. The molecule has 1 amide bonds. The maximum Gasteiger partial charge on any atom is 0.407 e. The van der Waals surface area contributed by atoms with E-state index in [1.807, 2.05) is 0 Å². The molecule has 1 saturated heterocycles. The fourth-order valence-electron chi connectivity index (χ4n) is 3.84. The molecule has 13 nitrogen and oxygen atoms in total. The third-order valence-corrected chi connectivity index (χ3v) is 6.48. The first-order valence-corrected chi connectivity index (χ1v) is 12.8. The van der Waals surface area contributed by atoms with Crippen LogP contribution in [0.1, 0.15) is 39.7 Å². The number of hydrogen-bond donors (Lipinski definition) is 2. The second kappa shape index (κ2) is 13.4. The van der Waals surface area contributed by atoms with Gasteiger partial charge in [0.2, 0.25) is 0 Å². The molecule has 0 spiro atoms. The summed E-state index contributed by atoms with van der Waals surface area (Å²) in [6.07, 6.45) is -5.40. The van der Waals surface area contributed by atoms with E-state index in [4.69, 9.17) is 23.7 Å². The lowest BCUT2D eigenvalue weighted by atomic mass is 9.86. The maximum absolute atomic E-state index is 12.5. The molecule has 1 fully saturated rings. The maximum atomic E-state index is 12.5. The zero-order valence-electron chi connectivity index (χ0n) is 20.8. The van der Waals surface area contributed by atoms with E-state index in [1.165, 1.54) is 0 Å². The fraction of sp³-hybridized carbons (Fsp3) is 0.565. The van der Waals surface area contributed by atoms with E-state index < -0.39 is 76.4 Å². The number of alkyl carbamates (subject to hydrolysis) is 1. The van der Waals surface area contributed by atoms with Gasteiger partial charge in [-0.25, -0.2) is 4.79 Å². The number of carbonyl (C=O) groups excluding carboxylic acids is 4. The van der Waals surface area contributed by atoms with Crippen molar-refractivity contribution in [1.82, 2.24) is 5.32 Å². The highest BCUT2D eigenvalue weighted by molar-refractivity contribution is 7.86. The highest BCUT2D eigenvalue weighted by atomic mass is 32.2. The zero-order valence-corrected chi connectivity index (χ0v) is 21.6. The number of rotatable bonds is 10. The van der Waals surface area contributed by atoms with Crippen LogP contribution in [0.15, 0.2) is 30.3 Å². The van der Waals surface area contributed by atoms with Crippen LogP contribution in [0.25, 0.3) is 0 Å².